The Hall–Kier alpha value is -0.340. The summed E-state index contributed by atoms with van der Waals surface area (Å²) < 4.78 is 78.4. The van der Waals surface area contributed by atoms with Gasteiger partial charge < -0.3 is 18.9 Å². The molecule has 0 aromatic carbocycles. The number of hydrogen-bond donors (Lipinski definition) is 2. The first-order valence-electron chi connectivity index (χ1n) is 6.42. The Morgan fingerprint density at radius 2 is 0.727 bits per heavy atom. The zero-order valence-electron chi connectivity index (χ0n) is 12.0. The smallest absolute Gasteiger partial charge is 0.267 e. The third-order valence-electron chi connectivity index (χ3n) is 2.09. The van der Waals surface area contributed by atoms with E-state index in [1.165, 1.54) is 0 Å². The van der Waals surface area contributed by atoms with Crippen LogP contribution in [-0.2, 0) is 39.2 Å². The van der Waals surface area contributed by atoms with Gasteiger partial charge in [-0.15, -0.1) is 0 Å². The van der Waals surface area contributed by atoms with Gasteiger partial charge in [-0.25, -0.2) is 0 Å². The molecule has 0 aliphatic heterocycles. The van der Waals surface area contributed by atoms with Crippen LogP contribution in [0.3, 0.4) is 0 Å². The quantitative estimate of drug-likeness (QED) is 0.268. The van der Waals surface area contributed by atoms with Crippen LogP contribution in [0.25, 0.3) is 0 Å². The average molecular weight is 366 g/mol. The summed E-state index contributed by atoms with van der Waals surface area (Å²) >= 11 is 0. The van der Waals surface area contributed by atoms with Gasteiger partial charge in [0.05, 0.1) is 64.4 Å². The fraction of sp³-hybridized carbons (Fsp3) is 1.00. The molecule has 0 aromatic rings. The van der Waals surface area contributed by atoms with Crippen molar-refractivity contribution in [2.24, 2.45) is 0 Å². The molecule has 0 aromatic heterocycles. The lowest BCUT2D eigenvalue weighted by molar-refractivity contribution is 0.00115. The van der Waals surface area contributed by atoms with Gasteiger partial charge in [0.2, 0.25) is 0 Å². The minimum absolute atomic E-state index is 0.0976. The first kappa shape index (κ1) is 21.7. The summed E-state index contributed by atoms with van der Waals surface area (Å²) in [6, 6.07) is 0. The second-order valence-electron chi connectivity index (χ2n) is 4.02. The highest BCUT2D eigenvalue weighted by Crippen LogP contribution is 1.87. The molecule has 0 saturated carbocycles. The monoisotopic (exact) mass is 366 g/mol. The number of hydrogen-bond acceptors (Lipinski definition) is 8. The lowest BCUT2D eigenvalue weighted by atomic mass is 10.7. The van der Waals surface area contributed by atoms with Crippen molar-refractivity contribution in [3.05, 3.63) is 0 Å². The van der Waals surface area contributed by atoms with Crippen LogP contribution in [0.1, 0.15) is 0 Å². The Bertz CT molecular complexity index is 414. The van der Waals surface area contributed by atoms with Gasteiger partial charge in [-0.2, -0.15) is 16.8 Å². The van der Waals surface area contributed by atoms with Crippen molar-refractivity contribution in [3.8, 4) is 0 Å². The van der Waals surface area contributed by atoms with Gasteiger partial charge in [0.15, 0.2) is 0 Å². The highest BCUT2D eigenvalue weighted by atomic mass is 32.2. The summed E-state index contributed by atoms with van der Waals surface area (Å²) in [6.07, 6.45) is 0. The van der Waals surface area contributed by atoms with E-state index in [9.17, 15) is 16.8 Å². The van der Waals surface area contributed by atoms with Crippen molar-refractivity contribution in [2.45, 2.75) is 0 Å². The van der Waals surface area contributed by atoms with E-state index in [4.69, 9.17) is 28.1 Å². The summed E-state index contributed by atoms with van der Waals surface area (Å²) in [5.74, 6) is -0.901. The first-order chi connectivity index (χ1) is 10.2. The summed E-state index contributed by atoms with van der Waals surface area (Å²) in [5, 5.41) is 0. The molecule has 0 saturated heterocycles. The summed E-state index contributed by atoms with van der Waals surface area (Å²) in [4.78, 5) is 0. The molecule has 12 heteroatoms. The molecule has 0 heterocycles. The molecule has 10 nitrogen and oxygen atoms in total. The number of ether oxygens (including phenoxy) is 4. The molecule has 0 aliphatic carbocycles. The van der Waals surface area contributed by atoms with Crippen molar-refractivity contribution >= 4 is 20.2 Å². The molecule has 0 radical (unpaired) electrons. The van der Waals surface area contributed by atoms with E-state index < -0.39 is 31.7 Å². The van der Waals surface area contributed by atoms with E-state index in [1.54, 1.807) is 0 Å². The van der Waals surface area contributed by atoms with E-state index in [0.717, 1.165) is 0 Å². The third kappa shape index (κ3) is 19.7. The van der Waals surface area contributed by atoms with Gasteiger partial charge in [0.25, 0.3) is 20.2 Å². The zero-order valence-corrected chi connectivity index (χ0v) is 13.7. The molecule has 0 aliphatic rings. The van der Waals surface area contributed by atoms with E-state index in [2.05, 4.69) is 0 Å². The highest BCUT2D eigenvalue weighted by Gasteiger charge is 2.04. The SMILES string of the molecule is O=S(=O)(O)CCOCCOCCOCCOCCS(=O)(=O)O. The van der Waals surface area contributed by atoms with Gasteiger partial charge in [-0.1, -0.05) is 0 Å². The molecule has 22 heavy (non-hydrogen) atoms. The maximum absolute atomic E-state index is 10.4. The van der Waals surface area contributed by atoms with E-state index >= 15 is 0 Å². The van der Waals surface area contributed by atoms with Crippen LogP contribution < -0.4 is 0 Å². The molecule has 0 unspecified atom stereocenters. The summed E-state index contributed by atoms with van der Waals surface area (Å²) in [6.45, 7) is 1.36. The van der Waals surface area contributed by atoms with Crippen molar-refractivity contribution in [2.75, 3.05) is 64.4 Å². The minimum Gasteiger partial charge on any atom is -0.378 e. The van der Waals surface area contributed by atoms with E-state index in [1.807, 2.05) is 0 Å². The molecule has 0 amide bonds. The lowest BCUT2D eigenvalue weighted by Gasteiger charge is -2.07. The molecule has 2 N–H and O–H groups in total. The van der Waals surface area contributed by atoms with Gasteiger partial charge in [-0.05, 0) is 0 Å². The minimum atomic E-state index is -3.99. The molecule has 134 valence electrons. The van der Waals surface area contributed by atoms with Crippen LogP contribution in [0.15, 0.2) is 0 Å². The molecule has 0 atom stereocenters. The summed E-state index contributed by atoms with van der Waals surface area (Å²) in [5.41, 5.74) is 0. The van der Waals surface area contributed by atoms with Crippen LogP contribution in [0.5, 0.6) is 0 Å². The Balaban J connectivity index is 3.15. The van der Waals surface area contributed by atoms with Crippen LogP contribution in [0, 0.1) is 0 Å². The highest BCUT2D eigenvalue weighted by molar-refractivity contribution is 7.86. The van der Waals surface area contributed by atoms with Gasteiger partial charge in [0.1, 0.15) is 0 Å². The molecule has 0 bridgehead atoms. The average Bonchev–Trinajstić information content (AvgIpc) is 2.36. The topological polar surface area (TPSA) is 146 Å². The second-order valence-corrected chi connectivity index (χ2v) is 7.17. The van der Waals surface area contributed by atoms with Crippen molar-refractivity contribution in [1.82, 2.24) is 0 Å². The van der Waals surface area contributed by atoms with Crippen LogP contribution in [0.2, 0.25) is 0 Å². The van der Waals surface area contributed by atoms with Gasteiger partial charge in [-0.3, -0.25) is 9.11 Å². The Morgan fingerprint density at radius 3 is 0.955 bits per heavy atom. The third-order valence-corrected chi connectivity index (χ3v) is 3.45. The predicted molar refractivity (Wildman–Crippen MR) is 76.1 cm³/mol. The second kappa shape index (κ2) is 12.1. The molecule has 0 fully saturated rings. The van der Waals surface area contributed by atoms with Gasteiger partial charge in [0, 0.05) is 0 Å². The Kier molecular flexibility index (Phi) is 11.9. The fourth-order valence-corrected chi connectivity index (χ4v) is 1.75. The Labute approximate surface area is 130 Å². The largest absolute Gasteiger partial charge is 0.378 e. The molecular weight excluding hydrogens is 344 g/mol. The fourth-order valence-electron chi connectivity index (χ4n) is 1.09. The predicted octanol–water partition coefficient (Wildman–Crippen LogP) is -1.17. The maximum atomic E-state index is 10.4. The van der Waals surface area contributed by atoms with Crippen LogP contribution in [-0.4, -0.2) is 90.3 Å². The van der Waals surface area contributed by atoms with Crippen LogP contribution >= 0.6 is 0 Å². The normalized spacial score (nSPS) is 12.6. The van der Waals surface area contributed by atoms with Crippen molar-refractivity contribution in [3.63, 3.8) is 0 Å². The number of rotatable bonds is 15. The van der Waals surface area contributed by atoms with Crippen molar-refractivity contribution < 1.29 is 44.9 Å². The van der Waals surface area contributed by atoms with Gasteiger partial charge >= 0.3 is 0 Å². The zero-order chi connectivity index (χ0) is 16.9. The van der Waals surface area contributed by atoms with Crippen molar-refractivity contribution in [1.29, 1.82) is 0 Å². The molecule has 0 rings (SSSR count). The molecule has 0 spiro atoms. The Morgan fingerprint density at radius 1 is 0.500 bits per heavy atom. The van der Waals surface area contributed by atoms with Crippen LogP contribution in [0.4, 0.5) is 0 Å². The van der Waals surface area contributed by atoms with E-state index in [0.29, 0.717) is 13.2 Å². The van der Waals surface area contributed by atoms with E-state index in [-0.39, 0.29) is 39.6 Å². The maximum Gasteiger partial charge on any atom is 0.267 e. The lowest BCUT2D eigenvalue weighted by Crippen LogP contribution is -2.16. The molecular formula is C10H22O10S2. The first-order valence-corrected chi connectivity index (χ1v) is 9.64. The summed E-state index contributed by atoms with van der Waals surface area (Å²) in [7, 11) is -7.98. The standard InChI is InChI=1S/C10H22O10S2/c11-21(12,13)9-7-19-5-3-17-1-2-18-4-6-20-8-10-22(14,15)16/h1-10H2,(H,11,12,13)(H,14,15,16).